The van der Waals surface area contributed by atoms with Crippen LogP contribution < -0.4 is 10.1 Å². The third-order valence-corrected chi connectivity index (χ3v) is 4.35. The van der Waals surface area contributed by atoms with E-state index in [4.69, 9.17) is 4.74 Å². The number of nitrogens with one attached hydrogen (secondary N) is 1. The van der Waals surface area contributed by atoms with Gasteiger partial charge in [-0.2, -0.15) is 0 Å². The summed E-state index contributed by atoms with van der Waals surface area (Å²) < 4.78 is 4.96. The summed E-state index contributed by atoms with van der Waals surface area (Å²) >= 11 is 0. The van der Waals surface area contributed by atoms with Crippen molar-refractivity contribution in [2.24, 2.45) is 5.92 Å². The Morgan fingerprint density at radius 3 is 2.62 bits per heavy atom. The van der Waals surface area contributed by atoms with E-state index in [1.165, 1.54) is 13.2 Å². The summed E-state index contributed by atoms with van der Waals surface area (Å²) in [4.78, 5) is 12.3. The molecule has 0 spiro atoms. The molecule has 5 heteroatoms. The van der Waals surface area contributed by atoms with Gasteiger partial charge in [0, 0.05) is 5.56 Å². The van der Waals surface area contributed by atoms with Gasteiger partial charge in [0.25, 0.3) is 5.91 Å². The van der Waals surface area contributed by atoms with Crippen molar-refractivity contribution in [3.8, 4) is 11.5 Å². The molecule has 0 aliphatic heterocycles. The summed E-state index contributed by atoms with van der Waals surface area (Å²) in [6, 6.07) is 4.54. The molecule has 21 heavy (non-hydrogen) atoms. The number of amides is 1. The molecule has 1 aromatic carbocycles. The monoisotopic (exact) mass is 293 g/mol. The van der Waals surface area contributed by atoms with Crippen molar-refractivity contribution in [2.45, 2.75) is 38.1 Å². The highest BCUT2D eigenvalue weighted by molar-refractivity contribution is 5.95. The van der Waals surface area contributed by atoms with Crippen LogP contribution >= 0.6 is 0 Å². The number of ether oxygens (including phenoxy) is 1. The van der Waals surface area contributed by atoms with Crippen LogP contribution in [0.1, 0.15) is 43.0 Å². The van der Waals surface area contributed by atoms with Crippen LogP contribution in [0.3, 0.4) is 0 Å². The lowest BCUT2D eigenvalue weighted by Crippen LogP contribution is -2.53. The third-order valence-electron chi connectivity index (χ3n) is 4.35. The number of rotatable bonds is 4. The van der Waals surface area contributed by atoms with Crippen LogP contribution in [-0.4, -0.2) is 35.4 Å². The standard InChI is InChI=1S/C16H23NO4/c1-11-5-7-16(10-18,8-6-11)17-15(20)12-3-4-14(21-2)13(19)9-12/h3-4,9,11,18-19H,5-8,10H2,1-2H3,(H,17,20). The molecule has 0 bridgehead atoms. The first-order valence-electron chi connectivity index (χ1n) is 7.30. The van der Waals surface area contributed by atoms with Gasteiger partial charge < -0.3 is 20.3 Å². The molecule has 116 valence electrons. The van der Waals surface area contributed by atoms with Crippen LogP contribution in [0.4, 0.5) is 0 Å². The normalized spacial score (nSPS) is 25.4. The quantitative estimate of drug-likeness (QED) is 0.794. The lowest BCUT2D eigenvalue weighted by molar-refractivity contribution is 0.0716. The zero-order valence-electron chi connectivity index (χ0n) is 12.6. The Balaban J connectivity index is 2.11. The van der Waals surface area contributed by atoms with Gasteiger partial charge in [-0.25, -0.2) is 0 Å². The van der Waals surface area contributed by atoms with E-state index in [2.05, 4.69) is 12.2 Å². The van der Waals surface area contributed by atoms with Gasteiger partial charge in [-0.3, -0.25) is 4.79 Å². The van der Waals surface area contributed by atoms with E-state index in [1.54, 1.807) is 12.1 Å². The molecule has 0 heterocycles. The van der Waals surface area contributed by atoms with Gasteiger partial charge in [0.05, 0.1) is 19.3 Å². The molecule has 0 saturated heterocycles. The second kappa shape index (κ2) is 6.35. The molecule has 0 radical (unpaired) electrons. The summed E-state index contributed by atoms with van der Waals surface area (Å²) in [5.41, 5.74) is -0.182. The van der Waals surface area contributed by atoms with Crippen LogP contribution in [0.5, 0.6) is 11.5 Å². The minimum Gasteiger partial charge on any atom is -0.504 e. The molecular weight excluding hydrogens is 270 g/mol. The SMILES string of the molecule is COc1ccc(C(=O)NC2(CO)CCC(C)CC2)cc1O. The van der Waals surface area contributed by atoms with Crippen LogP contribution in [0.25, 0.3) is 0 Å². The Morgan fingerprint density at radius 2 is 2.10 bits per heavy atom. The summed E-state index contributed by atoms with van der Waals surface area (Å²) in [5.74, 6) is 0.610. The van der Waals surface area contributed by atoms with Crippen molar-refractivity contribution in [2.75, 3.05) is 13.7 Å². The fourth-order valence-corrected chi connectivity index (χ4v) is 2.78. The zero-order chi connectivity index (χ0) is 15.5. The Hall–Kier alpha value is -1.75. The van der Waals surface area contributed by atoms with E-state index >= 15 is 0 Å². The maximum absolute atomic E-state index is 12.3. The molecule has 0 aromatic heterocycles. The number of carbonyl (C=O) groups is 1. The molecule has 1 aliphatic rings. The number of aromatic hydroxyl groups is 1. The second-order valence-electron chi connectivity index (χ2n) is 5.96. The summed E-state index contributed by atoms with van der Waals surface area (Å²) in [7, 11) is 1.46. The average molecular weight is 293 g/mol. The molecule has 3 N–H and O–H groups in total. The Morgan fingerprint density at radius 1 is 1.43 bits per heavy atom. The highest BCUT2D eigenvalue weighted by Crippen LogP contribution is 2.32. The number of aliphatic hydroxyl groups excluding tert-OH is 1. The van der Waals surface area contributed by atoms with Gasteiger partial charge in [0.2, 0.25) is 0 Å². The van der Waals surface area contributed by atoms with Crippen LogP contribution in [0.15, 0.2) is 18.2 Å². The zero-order valence-corrected chi connectivity index (χ0v) is 12.6. The van der Waals surface area contributed by atoms with Crippen molar-refractivity contribution in [3.63, 3.8) is 0 Å². The Bertz CT molecular complexity index is 507. The van der Waals surface area contributed by atoms with Gasteiger partial charge in [0.1, 0.15) is 0 Å². The molecule has 5 nitrogen and oxygen atoms in total. The first kappa shape index (κ1) is 15.6. The lowest BCUT2D eigenvalue weighted by atomic mass is 9.77. The molecule has 1 amide bonds. The van der Waals surface area contributed by atoms with Gasteiger partial charge in [-0.1, -0.05) is 6.92 Å². The number of hydrogen-bond donors (Lipinski definition) is 3. The first-order chi connectivity index (χ1) is 9.99. The van der Waals surface area contributed by atoms with E-state index in [0.717, 1.165) is 25.7 Å². The van der Waals surface area contributed by atoms with Crippen molar-refractivity contribution < 1.29 is 19.7 Å². The largest absolute Gasteiger partial charge is 0.504 e. The van der Waals surface area contributed by atoms with Gasteiger partial charge >= 0.3 is 0 Å². The van der Waals surface area contributed by atoms with Gasteiger partial charge in [-0.15, -0.1) is 0 Å². The maximum atomic E-state index is 12.3. The molecule has 1 fully saturated rings. The Labute approximate surface area is 124 Å². The molecule has 1 aliphatic carbocycles. The van der Waals surface area contributed by atoms with Gasteiger partial charge in [0.15, 0.2) is 11.5 Å². The number of hydrogen-bond acceptors (Lipinski definition) is 4. The number of phenolic OH excluding ortho intramolecular Hbond substituents is 1. The topological polar surface area (TPSA) is 78.8 Å². The third kappa shape index (κ3) is 3.47. The summed E-state index contributed by atoms with van der Waals surface area (Å²) in [6.45, 7) is 2.12. The fraction of sp³-hybridized carbons (Fsp3) is 0.562. The second-order valence-corrected chi connectivity index (χ2v) is 5.96. The molecule has 0 unspecified atom stereocenters. The predicted molar refractivity (Wildman–Crippen MR) is 79.6 cm³/mol. The van der Waals surface area contributed by atoms with E-state index in [9.17, 15) is 15.0 Å². The van der Waals surface area contributed by atoms with E-state index in [-0.39, 0.29) is 18.3 Å². The lowest BCUT2D eigenvalue weighted by Gasteiger charge is -2.38. The predicted octanol–water partition coefficient (Wildman–Crippen LogP) is 2.07. The van der Waals surface area contributed by atoms with Crippen molar-refractivity contribution in [1.82, 2.24) is 5.32 Å². The smallest absolute Gasteiger partial charge is 0.251 e. The van der Waals surface area contributed by atoms with E-state index < -0.39 is 5.54 Å². The van der Waals surface area contributed by atoms with Crippen LogP contribution in [0.2, 0.25) is 0 Å². The number of phenols is 1. The van der Waals surface area contributed by atoms with E-state index in [0.29, 0.717) is 17.2 Å². The molecule has 1 aromatic rings. The number of benzene rings is 1. The summed E-state index contributed by atoms with van der Waals surface area (Å²) in [5, 5.41) is 22.4. The van der Waals surface area contributed by atoms with Gasteiger partial charge in [-0.05, 0) is 49.8 Å². The van der Waals surface area contributed by atoms with Crippen molar-refractivity contribution >= 4 is 5.91 Å². The highest BCUT2D eigenvalue weighted by atomic mass is 16.5. The number of aliphatic hydroxyl groups is 1. The van der Waals surface area contributed by atoms with Crippen molar-refractivity contribution in [3.05, 3.63) is 23.8 Å². The van der Waals surface area contributed by atoms with Crippen LogP contribution in [0, 0.1) is 5.92 Å². The molecular formula is C16H23NO4. The highest BCUT2D eigenvalue weighted by Gasteiger charge is 2.35. The van der Waals surface area contributed by atoms with Crippen LogP contribution in [-0.2, 0) is 0 Å². The maximum Gasteiger partial charge on any atom is 0.251 e. The molecule has 0 atom stereocenters. The Kier molecular flexibility index (Phi) is 4.73. The minimum atomic E-state index is -0.543. The summed E-state index contributed by atoms with van der Waals surface area (Å²) in [6.07, 6.45) is 3.54. The van der Waals surface area contributed by atoms with Crippen molar-refractivity contribution in [1.29, 1.82) is 0 Å². The fourth-order valence-electron chi connectivity index (χ4n) is 2.78. The number of methoxy groups -OCH3 is 1. The minimum absolute atomic E-state index is 0.0619. The first-order valence-corrected chi connectivity index (χ1v) is 7.30. The molecule has 1 saturated carbocycles. The number of carbonyl (C=O) groups excluding carboxylic acids is 1. The molecule has 2 rings (SSSR count). The van der Waals surface area contributed by atoms with E-state index in [1.807, 2.05) is 0 Å². The average Bonchev–Trinajstić information content (AvgIpc) is 2.49.